The summed E-state index contributed by atoms with van der Waals surface area (Å²) in [6.45, 7) is 3.87. The molecular weight excluding hydrogens is 356 g/mol. The Morgan fingerprint density at radius 1 is 1.46 bits per heavy atom. The van der Waals surface area contributed by atoms with Gasteiger partial charge < -0.3 is 19.9 Å². The van der Waals surface area contributed by atoms with Crippen LogP contribution in [0, 0.1) is 5.41 Å². The van der Waals surface area contributed by atoms with Gasteiger partial charge >= 0.3 is 0 Å². The second kappa shape index (κ2) is 8.16. The van der Waals surface area contributed by atoms with E-state index >= 15 is 0 Å². The number of nitrogens with zero attached hydrogens (tertiary/aromatic N) is 2. The summed E-state index contributed by atoms with van der Waals surface area (Å²) < 4.78 is 10.5. The number of halogens is 1. The summed E-state index contributed by atoms with van der Waals surface area (Å²) in [5, 5.41) is 10.9. The maximum atomic E-state index is 12.9. The van der Waals surface area contributed by atoms with E-state index in [0.29, 0.717) is 36.3 Å². The number of hydrogen-bond donors (Lipinski definition) is 2. The second-order valence-electron chi connectivity index (χ2n) is 6.61. The number of aromatic nitrogens is 2. The first-order chi connectivity index (χ1) is 12.5. The van der Waals surface area contributed by atoms with Crippen molar-refractivity contribution in [2.24, 2.45) is 5.41 Å². The third-order valence-corrected chi connectivity index (χ3v) is 5.03. The lowest BCUT2D eigenvalue weighted by Crippen LogP contribution is -2.44. The molecular formula is C18H23ClN4O3. The van der Waals surface area contributed by atoms with Crippen LogP contribution < -0.4 is 10.6 Å². The van der Waals surface area contributed by atoms with Crippen LogP contribution >= 0.6 is 11.6 Å². The van der Waals surface area contributed by atoms with Gasteiger partial charge in [-0.2, -0.15) is 4.98 Å². The van der Waals surface area contributed by atoms with E-state index in [1.807, 2.05) is 19.1 Å². The van der Waals surface area contributed by atoms with Crippen LogP contribution in [0.5, 0.6) is 0 Å². The molecule has 1 fully saturated rings. The molecule has 7 nitrogen and oxygen atoms in total. The SMILES string of the molecule is COCCC1(C(=O)NC(C)c2noc(-c3ccc(Cl)cc3)n2)CCNC1. The van der Waals surface area contributed by atoms with Crippen molar-refractivity contribution in [2.75, 3.05) is 26.8 Å². The largest absolute Gasteiger partial charge is 0.385 e. The maximum absolute atomic E-state index is 12.9. The number of benzene rings is 1. The van der Waals surface area contributed by atoms with Gasteiger partial charge in [-0.25, -0.2) is 0 Å². The van der Waals surface area contributed by atoms with Gasteiger partial charge in [0.05, 0.1) is 11.5 Å². The minimum atomic E-state index is -0.451. The zero-order valence-corrected chi connectivity index (χ0v) is 15.7. The fourth-order valence-electron chi connectivity index (χ4n) is 3.10. The molecule has 2 aromatic rings. The van der Waals surface area contributed by atoms with Crippen molar-refractivity contribution in [2.45, 2.75) is 25.8 Å². The fourth-order valence-corrected chi connectivity index (χ4v) is 3.22. The van der Waals surface area contributed by atoms with Crippen molar-refractivity contribution in [3.63, 3.8) is 0 Å². The van der Waals surface area contributed by atoms with Gasteiger partial charge in [-0.15, -0.1) is 0 Å². The second-order valence-corrected chi connectivity index (χ2v) is 7.05. The lowest BCUT2D eigenvalue weighted by molar-refractivity contribution is -0.131. The van der Waals surface area contributed by atoms with Gasteiger partial charge in [0.1, 0.15) is 0 Å². The lowest BCUT2D eigenvalue weighted by Gasteiger charge is -2.27. The molecule has 0 radical (unpaired) electrons. The third kappa shape index (κ3) is 4.06. The van der Waals surface area contributed by atoms with Crippen LogP contribution in [0.2, 0.25) is 5.02 Å². The molecule has 140 valence electrons. The van der Waals surface area contributed by atoms with Gasteiger partial charge in [0.15, 0.2) is 5.82 Å². The van der Waals surface area contributed by atoms with Crippen molar-refractivity contribution in [3.8, 4) is 11.5 Å². The molecule has 0 spiro atoms. The molecule has 1 amide bonds. The van der Waals surface area contributed by atoms with Crippen molar-refractivity contribution in [1.82, 2.24) is 20.8 Å². The Balaban J connectivity index is 1.68. The van der Waals surface area contributed by atoms with Gasteiger partial charge in [0.25, 0.3) is 5.89 Å². The van der Waals surface area contributed by atoms with Crippen LogP contribution in [0.4, 0.5) is 0 Å². The van der Waals surface area contributed by atoms with Crippen LogP contribution in [0.15, 0.2) is 28.8 Å². The smallest absolute Gasteiger partial charge is 0.257 e. The molecule has 1 aromatic carbocycles. The molecule has 1 aliphatic rings. The highest BCUT2D eigenvalue weighted by Crippen LogP contribution is 2.31. The van der Waals surface area contributed by atoms with Gasteiger partial charge in [-0.3, -0.25) is 4.79 Å². The minimum Gasteiger partial charge on any atom is -0.385 e. The number of amides is 1. The number of carbonyl (C=O) groups is 1. The Morgan fingerprint density at radius 3 is 2.88 bits per heavy atom. The predicted octanol–water partition coefficient (Wildman–Crippen LogP) is 2.58. The molecule has 0 bridgehead atoms. The minimum absolute atomic E-state index is 0.00936. The highest BCUT2D eigenvalue weighted by Gasteiger charge is 2.41. The van der Waals surface area contributed by atoms with Gasteiger partial charge in [0, 0.05) is 30.8 Å². The zero-order valence-electron chi connectivity index (χ0n) is 14.9. The number of rotatable bonds is 7. The summed E-state index contributed by atoms with van der Waals surface area (Å²) in [6, 6.07) is 6.80. The fraction of sp³-hybridized carbons (Fsp3) is 0.500. The molecule has 3 rings (SSSR count). The Labute approximate surface area is 157 Å². The molecule has 1 saturated heterocycles. The van der Waals surface area contributed by atoms with E-state index in [-0.39, 0.29) is 11.9 Å². The monoisotopic (exact) mass is 378 g/mol. The van der Waals surface area contributed by atoms with Crippen LogP contribution in [0.1, 0.15) is 31.6 Å². The topological polar surface area (TPSA) is 89.3 Å². The molecule has 0 saturated carbocycles. The van der Waals surface area contributed by atoms with E-state index in [0.717, 1.165) is 18.5 Å². The van der Waals surface area contributed by atoms with Crippen LogP contribution in [-0.2, 0) is 9.53 Å². The number of carbonyl (C=O) groups excluding carboxylic acids is 1. The van der Waals surface area contributed by atoms with Crippen molar-refractivity contribution in [3.05, 3.63) is 35.1 Å². The van der Waals surface area contributed by atoms with E-state index in [2.05, 4.69) is 20.8 Å². The molecule has 2 N–H and O–H groups in total. The van der Waals surface area contributed by atoms with Crippen LogP contribution in [0.25, 0.3) is 11.5 Å². The van der Waals surface area contributed by atoms with E-state index < -0.39 is 5.41 Å². The highest BCUT2D eigenvalue weighted by atomic mass is 35.5. The summed E-state index contributed by atoms with van der Waals surface area (Å²) in [5.74, 6) is 0.829. The summed E-state index contributed by atoms with van der Waals surface area (Å²) in [4.78, 5) is 17.3. The number of nitrogens with one attached hydrogen (secondary N) is 2. The average molecular weight is 379 g/mol. The summed E-state index contributed by atoms with van der Waals surface area (Å²) in [6.07, 6.45) is 1.47. The molecule has 26 heavy (non-hydrogen) atoms. The number of ether oxygens (including phenoxy) is 1. The maximum Gasteiger partial charge on any atom is 0.257 e. The van der Waals surface area contributed by atoms with Gasteiger partial charge in [-0.05, 0) is 50.6 Å². The summed E-state index contributed by atoms with van der Waals surface area (Å²) in [5.41, 5.74) is 0.329. The molecule has 2 heterocycles. The van der Waals surface area contributed by atoms with Crippen molar-refractivity contribution < 1.29 is 14.1 Å². The van der Waals surface area contributed by atoms with Crippen molar-refractivity contribution >= 4 is 17.5 Å². The molecule has 1 aromatic heterocycles. The van der Waals surface area contributed by atoms with E-state index in [1.54, 1.807) is 19.2 Å². The first-order valence-electron chi connectivity index (χ1n) is 8.64. The van der Waals surface area contributed by atoms with E-state index in [9.17, 15) is 4.79 Å². The first-order valence-corrected chi connectivity index (χ1v) is 9.02. The first kappa shape index (κ1) is 18.8. The summed E-state index contributed by atoms with van der Waals surface area (Å²) >= 11 is 5.90. The Bertz CT molecular complexity index is 741. The average Bonchev–Trinajstić information content (AvgIpc) is 3.31. The van der Waals surface area contributed by atoms with E-state index in [4.69, 9.17) is 20.9 Å². The molecule has 8 heteroatoms. The molecule has 2 atom stereocenters. The van der Waals surface area contributed by atoms with Crippen LogP contribution in [-0.4, -0.2) is 42.9 Å². The molecule has 1 aliphatic heterocycles. The third-order valence-electron chi connectivity index (χ3n) is 4.78. The highest BCUT2D eigenvalue weighted by molar-refractivity contribution is 6.30. The number of hydrogen-bond acceptors (Lipinski definition) is 6. The Kier molecular flexibility index (Phi) is 5.90. The zero-order chi connectivity index (χ0) is 18.6. The van der Waals surface area contributed by atoms with Crippen molar-refractivity contribution in [1.29, 1.82) is 0 Å². The number of methoxy groups -OCH3 is 1. The quantitative estimate of drug-likeness (QED) is 0.769. The normalized spacial score (nSPS) is 20.9. The summed E-state index contributed by atoms with van der Waals surface area (Å²) in [7, 11) is 1.65. The van der Waals surface area contributed by atoms with Gasteiger partial charge in [-0.1, -0.05) is 16.8 Å². The lowest BCUT2D eigenvalue weighted by atomic mass is 9.82. The molecule has 0 aliphatic carbocycles. The van der Waals surface area contributed by atoms with E-state index in [1.165, 1.54) is 0 Å². The van der Waals surface area contributed by atoms with Gasteiger partial charge in [0.2, 0.25) is 5.91 Å². The Hall–Kier alpha value is -1.96. The standard InChI is InChI=1S/C18H23ClN4O3/c1-12(21-17(24)18(8-10-25-2)7-9-20-11-18)15-22-16(26-23-15)13-3-5-14(19)6-4-13/h3-6,12,20H,7-11H2,1-2H3,(H,21,24). The molecule has 2 unspecified atom stereocenters. The predicted molar refractivity (Wildman–Crippen MR) is 97.7 cm³/mol. The Morgan fingerprint density at radius 2 is 2.23 bits per heavy atom. The van der Waals surface area contributed by atoms with Crippen LogP contribution in [0.3, 0.4) is 0 Å².